The highest BCUT2D eigenvalue weighted by atomic mass is 32.2. The molecule has 3 rings (SSSR count). The topological polar surface area (TPSA) is 66.9 Å². The SMILES string of the molecule is Cc1ccc(S(=O)(=O)N2CCN(C(=O)[C@@H]3CCCCO3)CC2)cc1. The van der Waals surface area contributed by atoms with Gasteiger partial charge in [-0.05, 0) is 38.3 Å². The smallest absolute Gasteiger partial charge is 0.251 e. The van der Waals surface area contributed by atoms with E-state index in [1.54, 1.807) is 29.2 Å². The number of benzene rings is 1. The maximum absolute atomic E-state index is 12.7. The number of ether oxygens (including phenoxy) is 1. The Morgan fingerprint density at radius 2 is 1.75 bits per heavy atom. The van der Waals surface area contributed by atoms with Crippen molar-refractivity contribution in [3.63, 3.8) is 0 Å². The van der Waals surface area contributed by atoms with Crippen molar-refractivity contribution in [3.8, 4) is 0 Å². The number of hydrogen-bond donors (Lipinski definition) is 0. The van der Waals surface area contributed by atoms with Crippen LogP contribution >= 0.6 is 0 Å². The van der Waals surface area contributed by atoms with Crippen molar-refractivity contribution in [2.24, 2.45) is 0 Å². The Balaban J connectivity index is 1.62. The first-order valence-electron chi connectivity index (χ1n) is 8.46. The lowest BCUT2D eigenvalue weighted by atomic mass is 10.1. The van der Waals surface area contributed by atoms with Crippen LogP contribution < -0.4 is 0 Å². The molecule has 1 atom stereocenters. The molecular formula is C17H24N2O4S. The van der Waals surface area contributed by atoms with Crippen LogP contribution in [-0.2, 0) is 19.6 Å². The van der Waals surface area contributed by atoms with Crippen molar-refractivity contribution in [3.05, 3.63) is 29.8 Å². The molecule has 0 unspecified atom stereocenters. The number of piperazine rings is 1. The fourth-order valence-electron chi connectivity index (χ4n) is 3.15. The normalized spacial score (nSPS) is 23.2. The van der Waals surface area contributed by atoms with E-state index in [1.807, 2.05) is 6.92 Å². The predicted molar refractivity (Wildman–Crippen MR) is 90.1 cm³/mol. The van der Waals surface area contributed by atoms with E-state index >= 15 is 0 Å². The van der Waals surface area contributed by atoms with Crippen molar-refractivity contribution < 1.29 is 17.9 Å². The van der Waals surface area contributed by atoms with E-state index < -0.39 is 10.0 Å². The van der Waals surface area contributed by atoms with Crippen molar-refractivity contribution in [2.45, 2.75) is 37.2 Å². The molecule has 0 radical (unpaired) electrons. The second kappa shape index (κ2) is 7.21. The summed E-state index contributed by atoms with van der Waals surface area (Å²) in [7, 11) is -3.49. The molecular weight excluding hydrogens is 328 g/mol. The summed E-state index contributed by atoms with van der Waals surface area (Å²) in [6, 6.07) is 6.87. The molecule has 0 N–H and O–H groups in total. The van der Waals surface area contributed by atoms with Gasteiger partial charge in [-0.2, -0.15) is 4.31 Å². The van der Waals surface area contributed by atoms with Crippen LogP contribution in [0, 0.1) is 6.92 Å². The first kappa shape index (κ1) is 17.4. The Kier molecular flexibility index (Phi) is 5.22. The lowest BCUT2D eigenvalue weighted by molar-refractivity contribution is -0.147. The van der Waals surface area contributed by atoms with Gasteiger partial charge in [0.15, 0.2) is 0 Å². The number of carbonyl (C=O) groups is 1. The highest BCUT2D eigenvalue weighted by molar-refractivity contribution is 7.89. The minimum Gasteiger partial charge on any atom is -0.368 e. The van der Waals surface area contributed by atoms with Gasteiger partial charge in [0.05, 0.1) is 4.90 Å². The molecule has 1 aromatic carbocycles. The maximum atomic E-state index is 12.7. The molecule has 1 amide bonds. The Labute approximate surface area is 143 Å². The predicted octanol–water partition coefficient (Wildman–Crippen LogP) is 1.40. The summed E-state index contributed by atoms with van der Waals surface area (Å²) in [5, 5.41) is 0. The monoisotopic (exact) mass is 352 g/mol. The minimum absolute atomic E-state index is 0.00193. The number of carbonyl (C=O) groups excluding carboxylic acids is 1. The molecule has 1 aromatic rings. The highest BCUT2D eigenvalue weighted by Crippen LogP contribution is 2.20. The summed E-state index contributed by atoms with van der Waals surface area (Å²) in [4.78, 5) is 14.5. The molecule has 132 valence electrons. The van der Waals surface area contributed by atoms with Crippen molar-refractivity contribution in [1.82, 2.24) is 9.21 Å². The summed E-state index contributed by atoms with van der Waals surface area (Å²) >= 11 is 0. The zero-order valence-electron chi connectivity index (χ0n) is 14.0. The Morgan fingerprint density at radius 3 is 2.33 bits per heavy atom. The fraction of sp³-hybridized carbons (Fsp3) is 0.588. The van der Waals surface area contributed by atoms with E-state index in [0.717, 1.165) is 24.8 Å². The van der Waals surface area contributed by atoms with E-state index in [0.29, 0.717) is 37.7 Å². The lowest BCUT2D eigenvalue weighted by Gasteiger charge is -2.36. The largest absolute Gasteiger partial charge is 0.368 e. The van der Waals surface area contributed by atoms with E-state index in [-0.39, 0.29) is 12.0 Å². The zero-order chi connectivity index (χ0) is 17.2. The third-order valence-corrected chi connectivity index (χ3v) is 6.58. The Morgan fingerprint density at radius 1 is 1.08 bits per heavy atom. The minimum atomic E-state index is -3.49. The van der Waals surface area contributed by atoms with E-state index in [9.17, 15) is 13.2 Å². The molecule has 0 aromatic heterocycles. The standard InChI is InChI=1S/C17H24N2O4S/c1-14-5-7-15(8-6-14)24(21,22)19-11-9-18(10-12-19)17(20)16-4-2-3-13-23-16/h5-8,16H,2-4,9-13H2,1H3/t16-/m0/s1. The molecule has 2 aliphatic rings. The third-order valence-electron chi connectivity index (χ3n) is 4.66. The number of hydrogen-bond acceptors (Lipinski definition) is 4. The van der Waals surface area contributed by atoms with Gasteiger partial charge in [0.25, 0.3) is 5.91 Å². The van der Waals surface area contributed by atoms with Crippen LogP contribution in [0.15, 0.2) is 29.2 Å². The van der Waals surface area contributed by atoms with E-state index in [4.69, 9.17) is 4.74 Å². The molecule has 7 heteroatoms. The van der Waals surface area contributed by atoms with Crippen LogP contribution in [0.5, 0.6) is 0 Å². The van der Waals surface area contributed by atoms with E-state index in [1.165, 1.54) is 4.31 Å². The van der Waals surface area contributed by atoms with Gasteiger partial charge in [-0.1, -0.05) is 17.7 Å². The van der Waals surface area contributed by atoms with Crippen molar-refractivity contribution >= 4 is 15.9 Å². The van der Waals surface area contributed by atoms with Gasteiger partial charge in [0.1, 0.15) is 6.10 Å². The van der Waals surface area contributed by atoms with Gasteiger partial charge in [-0.25, -0.2) is 8.42 Å². The number of sulfonamides is 1. The average Bonchev–Trinajstić information content (AvgIpc) is 2.62. The van der Waals surface area contributed by atoms with E-state index in [2.05, 4.69) is 0 Å². The van der Waals surface area contributed by atoms with Crippen molar-refractivity contribution in [2.75, 3.05) is 32.8 Å². The first-order chi connectivity index (χ1) is 11.5. The summed E-state index contributed by atoms with van der Waals surface area (Å²) in [5.74, 6) is 0.00193. The molecule has 0 saturated carbocycles. The molecule has 2 fully saturated rings. The van der Waals surface area contributed by atoms with Crippen LogP contribution in [-0.4, -0.2) is 62.4 Å². The third kappa shape index (κ3) is 3.63. The highest BCUT2D eigenvalue weighted by Gasteiger charge is 2.33. The summed E-state index contributed by atoms with van der Waals surface area (Å²) in [6.45, 7) is 4.06. The molecule has 24 heavy (non-hydrogen) atoms. The van der Waals surface area contributed by atoms with Crippen LogP contribution in [0.4, 0.5) is 0 Å². The number of rotatable bonds is 3. The first-order valence-corrected chi connectivity index (χ1v) is 9.90. The molecule has 0 bridgehead atoms. The quantitative estimate of drug-likeness (QED) is 0.825. The van der Waals surface area contributed by atoms with Crippen LogP contribution in [0.1, 0.15) is 24.8 Å². The van der Waals surface area contributed by atoms with Gasteiger partial charge >= 0.3 is 0 Å². The number of nitrogens with zero attached hydrogens (tertiary/aromatic N) is 2. The Bertz CT molecular complexity index is 673. The zero-order valence-corrected chi connectivity index (χ0v) is 14.8. The van der Waals surface area contributed by atoms with Crippen LogP contribution in [0.25, 0.3) is 0 Å². The average molecular weight is 352 g/mol. The second-order valence-electron chi connectivity index (χ2n) is 6.40. The van der Waals surface area contributed by atoms with Gasteiger partial charge in [-0.15, -0.1) is 0 Å². The summed E-state index contributed by atoms with van der Waals surface area (Å²) in [5.41, 5.74) is 1.02. The van der Waals surface area contributed by atoms with Crippen LogP contribution in [0.3, 0.4) is 0 Å². The van der Waals surface area contributed by atoms with Gasteiger partial charge in [0.2, 0.25) is 10.0 Å². The number of aryl methyl sites for hydroxylation is 1. The van der Waals surface area contributed by atoms with Crippen LogP contribution in [0.2, 0.25) is 0 Å². The molecule has 2 heterocycles. The summed E-state index contributed by atoms with van der Waals surface area (Å²) in [6.07, 6.45) is 2.43. The molecule has 0 aliphatic carbocycles. The van der Waals surface area contributed by atoms with Gasteiger partial charge in [0, 0.05) is 32.8 Å². The maximum Gasteiger partial charge on any atom is 0.251 e. The number of amides is 1. The summed E-state index contributed by atoms with van der Waals surface area (Å²) < 4.78 is 32.4. The van der Waals surface area contributed by atoms with Gasteiger partial charge < -0.3 is 9.64 Å². The molecule has 2 saturated heterocycles. The van der Waals surface area contributed by atoms with Crippen molar-refractivity contribution in [1.29, 1.82) is 0 Å². The molecule has 2 aliphatic heterocycles. The molecule has 6 nitrogen and oxygen atoms in total. The lowest BCUT2D eigenvalue weighted by Crippen LogP contribution is -2.53. The Hall–Kier alpha value is -1.44. The second-order valence-corrected chi connectivity index (χ2v) is 8.34. The molecule has 0 spiro atoms. The van der Waals surface area contributed by atoms with Gasteiger partial charge in [-0.3, -0.25) is 4.79 Å². The fourth-order valence-corrected chi connectivity index (χ4v) is 4.57.